The van der Waals surface area contributed by atoms with Gasteiger partial charge < -0.3 is 4.90 Å². The Labute approximate surface area is 120 Å². The highest BCUT2D eigenvalue weighted by molar-refractivity contribution is 9.10. The molecular formula is C12H9BrF3N3O. The van der Waals surface area contributed by atoms with Crippen LogP contribution >= 0.6 is 15.9 Å². The van der Waals surface area contributed by atoms with E-state index in [9.17, 15) is 18.0 Å². The number of pyridine rings is 1. The van der Waals surface area contributed by atoms with Crippen LogP contribution in [0, 0.1) is 0 Å². The number of hydrogen-bond acceptors (Lipinski definition) is 3. The molecule has 1 aliphatic rings. The fourth-order valence-corrected chi connectivity index (χ4v) is 2.56. The maximum absolute atomic E-state index is 12.8. The monoisotopic (exact) mass is 347 g/mol. The molecule has 0 aromatic carbocycles. The van der Waals surface area contributed by atoms with E-state index in [0.29, 0.717) is 0 Å². The van der Waals surface area contributed by atoms with E-state index in [2.05, 4.69) is 20.9 Å². The topological polar surface area (TPSA) is 37.6 Å². The predicted molar refractivity (Wildman–Crippen MR) is 71.0 cm³/mol. The molecule has 3 rings (SSSR count). The second-order valence-corrected chi connectivity index (χ2v) is 5.33. The van der Waals surface area contributed by atoms with Crippen LogP contribution in [0.15, 0.2) is 27.6 Å². The van der Waals surface area contributed by atoms with Crippen LogP contribution in [-0.2, 0) is 6.18 Å². The quantitative estimate of drug-likeness (QED) is 0.795. The third-order valence-corrected chi connectivity index (χ3v) is 3.96. The fraction of sp³-hybridized carbons (Fsp3) is 0.333. The molecule has 4 nitrogen and oxygen atoms in total. The van der Waals surface area contributed by atoms with Crippen molar-refractivity contribution < 1.29 is 13.2 Å². The molecule has 3 heterocycles. The number of aromatic nitrogens is 2. The van der Waals surface area contributed by atoms with Gasteiger partial charge in [0.15, 0.2) is 5.69 Å². The molecule has 0 unspecified atom stereocenters. The molecule has 1 aliphatic heterocycles. The van der Waals surface area contributed by atoms with E-state index in [-0.39, 0.29) is 5.65 Å². The normalized spacial score (nSPS) is 15.5. The number of nitrogens with zero attached hydrogens (tertiary/aromatic N) is 3. The lowest BCUT2D eigenvalue weighted by Gasteiger charge is -2.33. The zero-order valence-corrected chi connectivity index (χ0v) is 11.7. The van der Waals surface area contributed by atoms with Gasteiger partial charge in [0.2, 0.25) is 0 Å². The summed E-state index contributed by atoms with van der Waals surface area (Å²) in [6.45, 7) is 1.77. The summed E-state index contributed by atoms with van der Waals surface area (Å²) in [4.78, 5) is 17.6. The first-order chi connectivity index (χ1) is 9.38. The number of rotatable bonds is 1. The van der Waals surface area contributed by atoms with Gasteiger partial charge in [-0.1, -0.05) is 0 Å². The molecular weight excluding hydrogens is 339 g/mol. The van der Waals surface area contributed by atoms with E-state index < -0.39 is 21.9 Å². The number of alkyl halides is 3. The Kier molecular flexibility index (Phi) is 3.00. The molecule has 106 valence electrons. The average Bonchev–Trinajstić information content (AvgIpc) is 2.30. The van der Waals surface area contributed by atoms with E-state index in [0.717, 1.165) is 29.6 Å². The minimum absolute atomic E-state index is 0.0187. The lowest BCUT2D eigenvalue weighted by atomic mass is 10.2. The smallest absolute Gasteiger partial charge is 0.370 e. The molecule has 2 aromatic rings. The first-order valence-corrected chi connectivity index (χ1v) is 6.71. The molecule has 2 aromatic heterocycles. The first-order valence-electron chi connectivity index (χ1n) is 5.92. The molecule has 1 fully saturated rings. The van der Waals surface area contributed by atoms with Crippen LogP contribution < -0.4 is 10.5 Å². The highest BCUT2D eigenvalue weighted by Crippen LogP contribution is 2.32. The lowest BCUT2D eigenvalue weighted by molar-refractivity contribution is -0.141. The van der Waals surface area contributed by atoms with E-state index in [1.165, 1.54) is 12.3 Å². The summed E-state index contributed by atoms with van der Waals surface area (Å²) >= 11 is 2.70. The molecule has 0 spiro atoms. The fourth-order valence-electron chi connectivity index (χ4n) is 2.06. The van der Waals surface area contributed by atoms with Crippen molar-refractivity contribution in [3.63, 3.8) is 0 Å². The second kappa shape index (κ2) is 4.47. The molecule has 0 atom stereocenters. The maximum atomic E-state index is 12.8. The van der Waals surface area contributed by atoms with Gasteiger partial charge >= 0.3 is 6.18 Å². The van der Waals surface area contributed by atoms with Crippen LogP contribution in [0.5, 0.6) is 0 Å². The van der Waals surface area contributed by atoms with Crippen LogP contribution in [0.1, 0.15) is 12.1 Å². The molecule has 0 saturated carbocycles. The Balaban J connectivity index is 2.22. The molecule has 0 aliphatic carbocycles. The molecule has 0 N–H and O–H groups in total. The summed E-state index contributed by atoms with van der Waals surface area (Å²) in [5, 5.41) is 0. The molecule has 8 heteroatoms. The summed E-state index contributed by atoms with van der Waals surface area (Å²) < 4.78 is 38.9. The highest BCUT2D eigenvalue weighted by Gasteiger charge is 2.36. The van der Waals surface area contributed by atoms with Gasteiger partial charge in [0.1, 0.15) is 10.1 Å². The van der Waals surface area contributed by atoms with Crippen LogP contribution in [0.25, 0.3) is 5.65 Å². The summed E-state index contributed by atoms with van der Waals surface area (Å²) in [7, 11) is 0. The van der Waals surface area contributed by atoms with Crippen molar-refractivity contribution in [2.75, 3.05) is 18.0 Å². The average molecular weight is 348 g/mol. The van der Waals surface area contributed by atoms with Crippen LogP contribution in [0.4, 0.5) is 18.9 Å². The Morgan fingerprint density at radius 1 is 1.25 bits per heavy atom. The van der Waals surface area contributed by atoms with Crippen LogP contribution in [0.2, 0.25) is 0 Å². The standard InChI is InChI=1S/C12H9BrF3N3O/c13-9-10(12(14,15)16)17-8-3-2-7(18-4-1-5-18)6-19(8)11(9)20/h2-3,6H,1,4-5H2. The van der Waals surface area contributed by atoms with Crippen molar-refractivity contribution in [3.05, 3.63) is 38.9 Å². The SMILES string of the molecule is O=c1c(Br)c(C(F)(F)F)nc2ccc(N3CCC3)cn12. The molecule has 0 radical (unpaired) electrons. The lowest BCUT2D eigenvalue weighted by Crippen LogP contribution is -2.37. The third-order valence-electron chi connectivity index (χ3n) is 3.24. The molecule has 0 amide bonds. The largest absolute Gasteiger partial charge is 0.434 e. The highest BCUT2D eigenvalue weighted by atomic mass is 79.9. The molecule has 0 bridgehead atoms. The van der Waals surface area contributed by atoms with Gasteiger partial charge in [-0.25, -0.2) is 4.98 Å². The van der Waals surface area contributed by atoms with Crippen molar-refractivity contribution >= 4 is 27.3 Å². The predicted octanol–water partition coefficient (Wildman–Crippen LogP) is 2.69. The van der Waals surface area contributed by atoms with Crippen molar-refractivity contribution in [1.82, 2.24) is 9.38 Å². The Morgan fingerprint density at radius 3 is 2.50 bits per heavy atom. The van der Waals surface area contributed by atoms with Crippen molar-refractivity contribution in [1.29, 1.82) is 0 Å². The first kappa shape index (κ1) is 13.4. The van der Waals surface area contributed by atoms with E-state index in [1.807, 2.05) is 4.90 Å². The summed E-state index contributed by atoms with van der Waals surface area (Å²) in [6.07, 6.45) is -2.07. The molecule has 20 heavy (non-hydrogen) atoms. The summed E-state index contributed by atoms with van der Waals surface area (Å²) in [5.74, 6) is 0. The zero-order valence-electron chi connectivity index (χ0n) is 10.1. The van der Waals surface area contributed by atoms with E-state index in [1.54, 1.807) is 6.07 Å². The van der Waals surface area contributed by atoms with Crippen molar-refractivity contribution in [3.8, 4) is 0 Å². The van der Waals surface area contributed by atoms with Gasteiger partial charge in [0.05, 0.1) is 5.69 Å². The minimum atomic E-state index is -4.66. The molecule has 1 saturated heterocycles. The zero-order chi connectivity index (χ0) is 14.5. The maximum Gasteiger partial charge on any atom is 0.434 e. The van der Waals surface area contributed by atoms with Gasteiger partial charge in [0.25, 0.3) is 5.56 Å². The number of hydrogen-bond donors (Lipinski definition) is 0. The third kappa shape index (κ3) is 2.07. The number of halogens is 4. The summed E-state index contributed by atoms with van der Waals surface area (Å²) in [6, 6.07) is 3.10. The Bertz CT molecular complexity index is 737. The van der Waals surface area contributed by atoms with E-state index in [4.69, 9.17) is 0 Å². The second-order valence-electron chi connectivity index (χ2n) is 4.53. The van der Waals surface area contributed by atoms with Crippen molar-refractivity contribution in [2.24, 2.45) is 0 Å². The van der Waals surface area contributed by atoms with Gasteiger partial charge in [0, 0.05) is 19.3 Å². The van der Waals surface area contributed by atoms with Crippen LogP contribution in [-0.4, -0.2) is 22.5 Å². The van der Waals surface area contributed by atoms with Gasteiger partial charge in [-0.2, -0.15) is 13.2 Å². The van der Waals surface area contributed by atoms with Crippen LogP contribution in [0.3, 0.4) is 0 Å². The minimum Gasteiger partial charge on any atom is -0.370 e. The van der Waals surface area contributed by atoms with Gasteiger partial charge in [-0.3, -0.25) is 9.20 Å². The Hall–Kier alpha value is -1.57. The number of anilines is 1. The van der Waals surface area contributed by atoms with Crippen molar-refractivity contribution in [2.45, 2.75) is 12.6 Å². The summed E-state index contributed by atoms with van der Waals surface area (Å²) in [5.41, 5.74) is -1.17. The Morgan fingerprint density at radius 2 is 1.95 bits per heavy atom. The van der Waals surface area contributed by atoms with Gasteiger partial charge in [-0.05, 0) is 34.5 Å². The number of fused-ring (bicyclic) bond motifs is 1. The van der Waals surface area contributed by atoms with E-state index >= 15 is 0 Å². The van der Waals surface area contributed by atoms with Gasteiger partial charge in [-0.15, -0.1) is 0 Å².